The van der Waals surface area contributed by atoms with Crippen LogP contribution in [0.15, 0.2) is 18.2 Å². The monoisotopic (exact) mass is 311 g/mol. The highest BCUT2D eigenvalue weighted by molar-refractivity contribution is 6.21. The first-order chi connectivity index (χ1) is 9.38. The standard InChI is InChI=1S/C14H17N3O3.ClH/c1-8(7-15)16(2)12(18)9-4-5-10-11(6-9)14(20)17(3)13(10)19;/h4-6,8H,7,15H2,1-3H3;1H. The summed E-state index contributed by atoms with van der Waals surface area (Å²) in [6.07, 6.45) is 0. The molecule has 3 amide bonds. The molecule has 0 aromatic heterocycles. The number of hydrogen-bond donors (Lipinski definition) is 1. The number of nitrogens with zero attached hydrogens (tertiary/aromatic N) is 2. The van der Waals surface area contributed by atoms with Gasteiger partial charge in [-0.05, 0) is 25.1 Å². The fourth-order valence-electron chi connectivity index (χ4n) is 2.06. The summed E-state index contributed by atoms with van der Waals surface area (Å²) in [4.78, 5) is 38.5. The fraction of sp³-hybridized carbons (Fsp3) is 0.357. The predicted octanol–water partition coefficient (Wildman–Crippen LogP) is 0.753. The Morgan fingerprint density at radius 3 is 2.43 bits per heavy atom. The molecule has 114 valence electrons. The molecule has 1 aromatic carbocycles. The van der Waals surface area contributed by atoms with Gasteiger partial charge in [0.1, 0.15) is 0 Å². The zero-order chi connectivity index (χ0) is 15.0. The number of rotatable bonds is 3. The van der Waals surface area contributed by atoms with Crippen LogP contribution in [0, 0.1) is 0 Å². The lowest BCUT2D eigenvalue weighted by molar-refractivity contribution is 0.0692. The highest BCUT2D eigenvalue weighted by atomic mass is 35.5. The molecular weight excluding hydrogens is 294 g/mol. The summed E-state index contributed by atoms with van der Waals surface area (Å²) in [5, 5.41) is 0. The smallest absolute Gasteiger partial charge is 0.261 e. The van der Waals surface area contributed by atoms with Gasteiger partial charge >= 0.3 is 0 Å². The molecule has 1 aromatic rings. The lowest BCUT2D eigenvalue weighted by atomic mass is 10.0. The van der Waals surface area contributed by atoms with Crippen molar-refractivity contribution in [3.05, 3.63) is 34.9 Å². The minimum Gasteiger partial charge on any atom is -0.338 e. The molecule has 21 heavy (non-hydrogen) atoms. The number of benzene rings is 1. The Balaban J connectivity index is 0.00000220. The molecule has 1 unspecified atom stereocenters. The lowest BCUT2D eigenvalue weighted by Crippen LogP contribution is -2.39. The molecule has 1 heterocycles. The Morgan fingerprint density at radius 2 is 1.86 bits per heavy atom. The van der Waals surface area contributed by atoms with Crippen molar-refractivity contribution in [2.24, 2.45) is 5.73 Å². The van der Waals surface area contributed by atoms with Gasteiger partial charge in [-0.2, -0.15) is 0 Å². The number of carbonyl (C=O) groups excluding carboxylic acids is 3. The topological polar surface area (TPSA) is 83.7 Å². The number of likely N-dealkylation sites (N-methyl/N-ethyl adjacent to an activating group) is 1. The molecule has 2 rings (SSSR count). The first-order valence-corrected chi connectivity index (χ1v) is 6.32. The van der Waals surface area contributed by atoms with E-state index < -0.39 is 0 Å². The minimum atomic E-state index is -0.380. The van der Waals surface area contributed by atoms with Crippen molar-refractivity contribution in [1.82, 2.24) is 9.80 Å². The number of halogens is 1. The molecule has 1 aliphatic heterocycles. The SMILES string of the molecule is CC(CN)N(C)C(=O)c1ccc2c(c1)C(=O)N(C)C2=O.Cl. The maximum Gasteiger partial charge on any atom is 0.261 e. The maximum atomic E-state index is 12.3. The molecule has 0 fully saturated rings. The van der Waals surface area contributed by atoms with Crippen LogP contribution in [0.25, 0.3) is 0 Å². The zero-order valence-corrected chi connectivity index (χ0v) is 12.9. The zero-order valence-electron chi connectivity index (χ0n) is 12.1. The molecule has 0 aliphatic carbocycles. The maximum absolute atomic E-state index is 12.3. The first kappa shape index (κ1) is 17.1. The van der Waals surface area contributed by atoms with Gasteiger partial charge in [-0.1, -0.05) is 0 Å². The van der Waals surface area contributed by atoms with Crippen LogP contribution in [0.5, 0.6) is 0 Å². The summed E-state index contributed by atoms with van der Waals surface area (Å²) in [5.74, 6) is -0.942. The van der Waals surface area contributed by atoms with Crippen LogP contribution < -0.4 is 5.73 Å². The van der Waals surface area contributed by atoms with E-state index in [9.17, 15) is 14.4 Å². The molecule has 7 heteroatoms. The predicted molar refractivity (Wildman–Crippen MR) is 80.7 cm³/mol. The van der Waals surface area contributed by atoms with Gasteiger partial charge in [0, 0.05) is 32.2 Å². The highest BCUT2D eigenvalue weighted by Gasteiger charge is 2.33. The van der Waals surface area contributed by atoms with Crippen molar-refractivity contribution in [1.29, 1.82) is 0 Å². The van der Waals surface area contributed by atoms with Crippen LogP contribution in [0.3, 0.4) is 0 Å². The Labute approximate surface area is 129 Å². The van der Waals surface area contributed by atoms with E-state index in [4.69, 9.17) is 5.73 Å². The number of carbonyl (C=O) groups is 3. The van der Waals surface area contributed by atoms with Gasteiger partial charge in [-0.3, -0.25) is 19.3 Å². The van der Waals surface area contributed by atoms with E-state index >= 15 is 0 Å². The van der Waals surface area contributed by atoms with E-state index in [1.165, 1.54) is 24.1 Å². The normalized spacial score (nSPS) is 14.6. The van der Waals surface area contributed by atoms with Crippen molar-refractivity contribution in [3.63, 3.8) is 0 Å². The number of imide groups is 1. The Kier molecular flexibility index (Phi) is 5.09. The third kappa shape index (κ3) is 2.77. The van der Waals surface area contributed by atoms with Crippen LogP contribution in [0.2, 0.25) is 0 Å². The van der Waals surface area contributed by atoms with E-state index in [0.717, 1.165) is 4.90 Å². The second-order valence-corrected chi connectivity index (χ2v) is 4.93. The van der Waals surface area contributed by atoms with Crippen molar-refractivity contribution in [2.45, 2.75) is 13.0 Å². The average molecular weight is 312 g/mol. The van der Waals surface area contributed by atoms with E-state index in [1.54, 1.807) is 13.1 Å². The van der Waals surface area contributed by atoms with Crippen molar-refractivity contribution >= 4 is 30.1 Å². The Bertz CT molecular complexity index is 603. The van der Waals surface area contributed by atoms with Crippen molar-refractivity contribution in [2.75, 3.05) is 20.6 Å². The summed E-state index contributed by atoms with van der Waals surface area (Å²) >= 11 is 0. The summed E-state index contributed by atoms with van der Waals surface area (Å²) in [7, 11) is 3.08. The molecular formula is C14H18ClN3O3. The Hall–Kier alpha value is -1.92. The molecule has 0 saturated carbocycles. The van der Waals surface area contributed by atoms with E-state index in [1.807, 2.05) is 6.92 Å². The summed E-state index contributed by atoms with van der Waals surface area (Å²) in [6.45, 7) is 2.20. The quantitative estimate of drug-likeness (QED) is 0.835. The van der Waals surface area contributed by atoms with Gasteiger partial charge in [-0.15, -0.1) is 12.4 Å². The van der Waals surface area contributed by atoms with Crippen LogP contribution >= 0.6 is 12.4 Å². The van der Waals surface area contributed by atoms with Crippen LogP contribution in [0.1, 0.15) is 38.0 Å². The van der Waals surface area contributed by atoms with Gasteiger partial charge in [-0.25, -0.2) is 0 Å². The molecule has 1 atom stereocenters. The second-order valence-electron chi connectivity index (χ2n) is 4.93. The van der Waals surface area contributed by atoms with E-state index in [2.05, 4.69) is 0 Å². The number of amides is 3. The first-order valence-electron chi connectivity index (χ1n) is 6.32. The molecule has 0 radical (unpaired) electrons. The molecule has 2 N–H and O–H groups in total. The fourth-order valence-corrected chi connectivity index (χ4v) is 2.06. The number of hydrogen-bond acceptors (Lipinski definition) is 4. The summed E-state index contributed by atoms with van der Waals surface area (Å²) < 4.78 is 0. The lowest BCUT2D eigenvalue weighted by Gasteiger charge is -2.23. The summed E-state index contributed by atoms with van der Waals surface area (Å²) in [6, 6.07) is 4.45. The van der Waals surface area contributed by atoms with Gasteiger partial charge in [0.05, 0.1) is 11.1 Å². The largest absolute Gasteiger partial charge is 0.338 e. The highest BCUT2D eigenvalue weighted by Crippen LogP contribution is 2.23. The van der Waals surface area contributed by atoms with E-state index in [-0.39, 0.29) is 41.7 Å². The van der Waals surface area contributed by atoms with E-state index in [0.29, 0.717) is 17.7 Å². The van der Waals surface area contributed by atoms with Crippen molar-refractivity contribution in [3.8, 4) is 0 Å². The average Bonchev–Trinajstić information content (AvgIpc) is 2.69. The van der Waals surface area contributed by atoms with Crippen LogP contribution in [-0.4, -0.2) is 54.2 Å². The summed E-state index contributed by atoms with van der Waals surface area (Å²) in [5.41, 5.74) is 6.53. The second kappa shape index (κ2) is 6.24. The molecule has 1 aliphatic rings. The third-order valence-corrected chi connectivity index (χ3v) is 3.66. The van der Waals surface area contributed by atoms with Gasteiger partial charge in [0.15, 0.2) is 0 Å². The number of nitrogens with two attached hydrogens (primary N) is 1. The van der Waals surface area contributed by atoms with Crippen molar-refractivity contribution < 1.29 is 14.4 Å². The molecule has 0 bridgehead atoms. The Morgan fingerprint density at radius 1 is 1.29 bits per heavy atom. The van der Waals surface area contributed by atoms with Gasteiger partial charge < -0.3 is 10.6 Å². The van der Waals surface area contributed by atoms with Crippen LogP contribution in [0.4, 0.5) is 0 Å². The minimum absolute atomic E-state index is 0. The van der Waals surface area contributed by atoms with Gasteiger partial charge in [0.25, 0.3) is 17.7 Å². The number of fused-ring (bicyclic) bond motifs is 1. The molecule has 0 spiro atoms. The van der Waals surface area contributed by atoms with Gasteiger partial charge in [0.2, 0.25) is 0 Å². The molecule has 0 saturated heterocycles. The molecule has 6 nitrogen and oxygen atoms in total. The van der Waals surface area contributed by atoms with Crippen LogP contribution in [-0.2, 0) is 0 Å². The third-order valence-electron chi connectivity index (χ3n) is 3.66.